The van der Waals surface area contributed by atoms with Gasteiger partial charge in [-0.2, -0.15) is 43.2 Å². The predicted octanol–water partition coefficient (Wildman–Crippen LogP) is 5.13. The van der Waals surface area contributed by atoms with E-state index in [4.69, 9.17) is 0 Å². The second-order valence-electron chi connectivity index (χ2n) is 9.14. The number of alkyl halides is 8. The van der Waals surface area contributed by atoms with E-state index in [1.165, 1.54) is 0 Å². The van der Waals surface area contributed by atoms with Crippen molar-refractivity contribution < 1.29 is 65.6 Å². The molecule has 0 aliphatic heterocycles. The first-order valence-corrected chi connectivity index (χ1v) is 14.4. The number of rotatable bonds is 15. The molecule has 0 aliphatic rings. The molecule has 2 unspecified atom stereocenters. The van der Waals surface area contributed by atoms with Gasteiger partial charge in [0.2, 0.25) is 0 Å². The lowest BCUT2D eigenvalue weighted by atomic mass is 9.69. The summed E-state index contributed by atoms with van der Waals surface area (Å²) >= 11 is 0. The van der Waals surface area contributed by atoms with E-state index < -0.39 is 73.1 Å². The molecule has 3 N–H and O–H groups in total. The number of aromatic amines is 1. The summed E-state index contributed by atoms with van der Waals surface area (Å²) < 4.78 is 184. The Labute approximate surface area is 215 Å². The molecule has 18 heteroatoms. The minimum atomic E-state index is -7.39. The predicted molar refractivity (Wildman–Crippen MR) is 118 cm³/mol. The van der Waals surface area contributed by atoms with Gasteiger partial charge in [0.05, 0.1) is 13.5 Å². The van der Waals surface area contributed by atoms with Crippen LogP contribution in [0.2, 0.25) is 0 Å². The van der Waals surface area contributed by atoms with E-state index >= 15 is 8.78 Å². The largest absolute Gasteiger partial charge is 0.440 e. The Morgan fingerprint density at radius 1 is 0.763 bits per heavy atom. The van der Waals surface area contributed by atoms with Crippen molar-refractivity contribution in [1.82, 2.24) is 4.98 Å². The summed E-state index contributed by atoms with van der Waals surface area (Å²) in [6, 6.07) is 0. The van der Waals surface area contributed by atoms with Crippen molar-refractivity contribution >= 4 is 20.2 Å². The normalized spacial score (nSPS) is 18.5. The highest BCUT2D eigenvalue weighted by Gasteiger charge is 2.90. The van der Waals surface area contributed by atoms with Crippen molar-refractivity contribution in [3.05, 3.63) is 18.2 Å². The van der Waals surface area contributed by atoms with Gasteiger partial charge in [-0.05, 0) is 6.42 Å². The van der Waals surface area contributed by atoms with Crippen LogP contribution in [0.3, 0.4) is 0 Å². The molecule has 0 bridgehead atoms. The Kier molecular flexibility index (Phi) is 10.8. The molecule has 224 valence electrons. The van der Waals surface area contributed by atoms with E-state index in [9.17, 15) is 52.3 Å². The molecule has 0 amide bonds. The minimum Gasteiger partial charge on any atom is -0.283 e. The third-order valence-electron chi connectivity index (χ3n) is 6.57. The van der Waals surface area contributed by atoms with E-state index in [0.717, 1.165) is 43.3 Å². The van der Waals surface area contributed by atoms with E-state index in [0.29, 0.717) is 12.8 Å². The molecule has 1 aromatic heterocycles. The second kappa shape index (κ2) is 11.9. The standard InChI is InChI=1S/C20H30F8N2O6S2/c1-3-4-5-6-7-8-9-10-11-16(14-15-29-12-13-30(15)2,17(21,19(23,24)25)37(31,32)33)18(22,20(26,27)28)38(34,35)36/h12-13H,3-11,14H2,1-2H3,(H2,31,32,33,34,35,36)/p+1. The summed E-state index contributed by atoms with van der Waals surface area (Å²) in [6.07, 6.45) is -13.9. The van der Waals surface area contributed by atoms with Crippen LogP contribution in [-0.2, 0) is 33.7 Å². The molecule has 0 radical (unpaired) electrons. The first-order chi connectivity index (χ1) is 17.0. The van der Waals surface area contributed by atoms with Gasteiger partial charge in [0.25, 0.3) is 5.82 Å². The highest BCUT2D eigenvalue weighted by atomic mass is 32.2. The summed E-state index contributed by atoms with van der Waals surface area (Å²) in [5.41, 5.74) is -5.21. The van der Waals surface area contributed by atoms with Crippen LogP contribution in [0.1, 0.15) is 70.5 Å². The van der Waals surface area contributed by atoms with Gasteiger partial charge in [-0.3, -0.25) is 9.11 Å². The summed E-state index contributed by atoms with van der Waals surface area (Å²) in [6.45, 7) is 1.92. The zero-order valence-corrected chi connectivity index (χ0v) is 22.2. The lowest BCUT2D eigenvalue weighted by molar-refractivity contribution is -0.679. The van der Waals surface area contributed by atoms with Crippen LogP contribution in [0.15, 0.2) is 12.4 Å². The van der Waals surface area contributed by atoms with Crippen molar-refractivity contribution in [2.45, 2.75) is 93.5 Å². The van der Waals surface area contributed by atoms with Gasteiger partial charge in [0.1, 0.15) is 17.8 Å². The van der Waals surface area contributed by atoms with Crippen LogP contribution in [0, 0.1) is 5.41 Å². The van der Waals surface area contributed by atoms with Crippen LogP contribution in [0.25, 0.3) is 0 Å². The number of H-pyrrole nitrogens is 1. The minimum absolute atomic E-state index is 0.143. The molecule has 0 fully saturated rings. The maximum Gasteiger partial charge on any atom is 0.440 e. The molecule has 0 aromatic carbocycles. The smallest absolute Gasteiger partial charge is 0.283 e. The molecule has 38 heavy (non-hydrogen) atoms. The third-order valence-corrected chi connectivity index (χ3v) is 9.24. The highest BCUT2D eigenvalue weighted by molar-refractivity contribution is 7.88. The first kappa shape index (κ1) is 34.5. The summed E-state index contributed by atoms with van der Waals surface area (Å²) in [7, 11) is -13.8. The van der Waals surface area contributed by atoms with Gasteiger partial charge < -0.3 is 0 Å². The van der Waals surface area contributed by atoms with Crippen LogP contribution >= 0.6 is 0 Å². The molecule has 8 nitrogen and oxygen atoms in total. The fraction of sp³-hybridized carbons (Fsp3) is 0.850. The number of nitrogens with one attached hydrogen (secondary N) is 1. The molecule has 0 spiro atoms. The summed E-state index contributed by atoms with van der Waals surface area (Å²) in [5.74, 6) is -0.866. The fourth-order valence-electron chi connectivity index (χ4n) is 4.63. The SMILES string of the molecule is CCCCCCCCCCC(Cc1[nH]cc[n+]1C)(C(F)(C(F)(F)F)S(=O)(=O)O)C(F)(C(F)(F)F)S(=O)(=O)O. The van der Waals surface area contributed by atoms with E-state index in [1.807, 2.05) is 6.92 Å². The van der Waals surface area contributed by atoms with E-state index in [-0.39, 0.29) is 12.8 Å². The van der Waals surface area contributed by atoms with Crippen LogP contribution in [0.5, 0.6) is 0 Å². The Hall–Kier alpha value is -1.53. The molecular formula is C20H31F8N2O6S2+. The quantitative estimate of drug-likeness (QED) is 0.109. The number of imidazole rings is 1. The maximum absolute atomic E-state index is 16.0. The number of aryl methyl sites for hydroxylation is 1. The Morgan fingerprint density at radius 3 is 1.47 bits per heavy atom. The number of nitrogens with zero attached hydrogens (tertiary/aromatic N) is 1. The maximum atomic E-state index is 16.0. The van der Waals surface area contributed by atoms with Crippen molar-refractivity contribution in [2.75, 3.05) is 0 Å². The Balaban J connectivity index is 3.99. The monoisotopic (exact) mass is 611 g/mol. The molecule has 0 saturated heterocycles. The highest BCUT2D eigenvalue weighted by Crippen LogP contribution is 2.65. The lowest BCUT2D eigenvalue weighted by Gasteiger charge is -2.49. The topological polar surface area (TPSA) is 128 Å². The fourth-order valence-corrected chi connectivity index (χ4v) is 6.90. The van der Waals surface area contributed by atoms with Gasteiger partial charge in [-0.1, -0.05) is 58.3 Å². The lowest BCUT2D eigenvalue weighted by Crippen LogP contribution is -2.74. The zero-order chi connectivity index (χ0) is 29.8. The van der Waals surface area contributed by atoms with Crippen LogP contribution in [0.4, 0.5) is 35.1 Å². The van der Waals surface area contributed by atoms with Crippen LogP contribution < -0.4 is 4.57 Å². The van der Waals surface area contributed by atoms with Gasteiger partial charge in [0.15, 0.2) is 0 Å². The molecule has 1 rings (SSSR count). The van der Waals surface area contributed by atoms with Crippen molar-refractivity contribution in [3.63, 3.8) is 0 Å². The van der Waals surface area contributed by atoms with Crippen molar-refractivity contribution in [3.8, 4) is 0 Å². The Bertz CT molecular complexity index is 1080. The van der Waals surface area contributed by atoms with Crippen LogP contribution in [-0.4, -0.2) is 53.3 Å². The molecule has 0 saturated carbocycles. The Morgan fingerprint density at radius 2 is 1.16 bits per heavy atom. The van der Waals surface area contributed by atoms with Gasteiger partial charge in [-0.25, -0.2) is 18.3 Å². The molecule has 1 aromatic rings. The van der Waals surface area contributed by atoms with Crippen molar-refractivity contribution in [2.24, 2.45) is 12.5 Å². The number of unbranched alkanes of at least 4 members (excludes halogenated alkanes) is 7. The number of hydrogen-bond donors (Lipinski definition) is 3. The number of hydrogen-bond acceptors (Lipinski definition) is 4. The molecule has 1 heterocycles. The molecule has 2 atom stereocenters. The zero-order valence-electron chi connectivity index (χ0n) is 20.5. The average Bonchev–Trinajstić information content (AvgIpc) is 3.14. The molecular weight excluding hydrogens is 580 g/mol. The van der Waals surface area contributed by atoms with Gasteiger partial charge >= 0.3 is 42.6 Å². The number of aromatic nitrogens is 2. The van der Waals surface area contributed by atoms with Gasteiger partial charge in [0, 0.05) is 0 Å². The van der Waals surface area contributed by atoms with Gasteiger partial charge in [-0.15, -0.1) is 0 Å². The third kappa shape index (κ3) is 6.27. The van der Waals surface area contributed by atoms with E-state index in [2.05, 4.69) is 4.98 Å². The summed E-state index contributed by atoms with van der Waals surface area (Å²) in [5, 5.41) is -13.1. The first-order valence-electron chi connectivity index (χ1n) is 11.5. The van der Waals surface area contributed by atoms with Crippen molar-refractivity contribution in [1.29, 1.82) is 0 Å². The second-order valence-corrected chi connectivity index (χ2v) is 12.2. The average molecular weight is 612 g/mol. The number of halogens is 8. The summed E-state index contributed by atoms with van der Waals surface area (Å²) in [4.78, 5) is 2.08. The molecule has 0 aliphatic carbocycles. The van der Waals surface area contributed by atoms with E-state index in [1.54, 1.807) is 0 Å².